The van der Waals surface area contributed by atoms with Crippen molar-refractivity contribution < 1.29 is 19.8 Å². The van der Waals surface area contributed by atoms with Crippen LogP contribution in [-0.4, -0.2) is 22.2 Å². The molecule has 3 aromatic rings. The highest BCUT2D eigenvalue weighted by molar-refractivity contribution is 6.03. The summed E-state index contributed by atoms with van der Waals surface area (Å²) in [5, 5.41) is 19.9. The molecule has 1 aliphatic carbocycles. The molecule has 0 radical (unpaired) electrons. The van der Waals surface area contributed by atoms with Crippen LogP contribution in [-0.2, 0) is 6.42 Å². The second-order valence-corrected chi connectivity index (χ2v) is 9.39. The van der Waals surface area contributed by atoms with Crippen molar-refractivity contribution in [2.24, 2.45) is 5.92 Å². The van der Waals surface area contributed by atoms with Crippen molar-refractivity contribution in [3.63, 3.8) is 0 Å². The lowest BCUT2D eigenvalue weighted by atomic mass is 9.80. The minimum atomic E-state index is -0.986. The molecule has 0 unspecified atom stereocenters. The largest absolute Gasteiger partial charge is 0.478 e. The molecule has 0 saturated heterocycles. The Balaban J connectivity index is 2.11. The first-order valence-electron chi connectivity index (χ1n) is 11.7. The third-order valence-corrected chi connectivity index (χ3v) is 6.54. The van der Waals surface area contributed by atoms with Gasteiger partial charge in [0.25, 0.3) is 0 Å². The van der Waals surface area contributed by atoms with Gasteiger partial charge in [-0.3, -0.25) is 0 Å². The van der Waals surface area contributed by atoms with Crippen molar-refractivity contribution in [2.45, 2.75) is 51.9 Å². The Bertz CT molecular complexity index is 1190. The smallest absolute Gasteiger partial charge is 0.336 e. The predicted octanol–water partition coefficient (Wildman–Crippen LogP) is 7.27. The molecule has 170 valence electrons. The van der Waals surface area contributed by atoms with Crippen molar-refractivity contribution in [1.29, 1.82) is 0 Å². The number of carbonyl (C=O) groups is 2. The average molecular weight is 443 g/mol. The lowest BCUT2D eigenvalue weighted by Crippen LogP contribution is -2.08. The maximum absolute atomic E-state index is 12.2. The number of hydrogen-bond donors (Lipinski definition) is 2. The number of carboxylic acid groups (broad SMARTS) is 2. The van der Waals surface area contributed by atoms with E-state index in [1.165, 1.54) is 5.56 Å². The summed E-state index contributed by atoms with van der Waals surface area (Å²) in [6.45, 7) is 4.35. The molecule has 3 aromatic carbocycles. The lowest BCUT2D eigenvalue weighted by Gasteiger charge is -2.24. The van der Waals surface area contributed by atoms with Gasteiger partial charge < -0.3 is 10.2 Å². The highest BCUT2D eigenvalue weighted by Crippen LogP contribution is 2.46. The third kappa shape index (κ3) is 4.70. The molecule has 0 aliphatic heterocycles. The van der Waals surface area contributed by atoms with E-state index in [4.69, 9.17) is 0 Å². The fourth-order valence-corrected chi connectivity index (χ4v) is 5.18. The minimum Gasteiger partial charge on any atom is -0.478 e. The van der Waals surface area contributed by atoms with Gasteiger partial charge in [-0.15, -0.1) is 0 Å². The Morgan fingerprint density at radius 3 is 1.94 bits per heavy atom. The summed E-state index contributed by atoms with van der Waals surface area (Å²) >= 11 is 0. The van der Waals surface area contributed by atoms with Crippen molar-refractivity contribution in [3.8, 4) is 22.3 Å². The summed E-state index contributed by atoms with van der Waals surface area (Å²) in [7, 11) is 0. The van der Waals surface area contributed by atoms with Gasteiger partial charge in [0.15, 0.2) is 0 Å². The molecule has 0 heterocycles. The molecule has 0 amide bonds. The number of hydrogen-bond acceptors (Lipinski definition) is 2. The van der Waals surface area contributed by atoms with E-state index in [-0.39, 0.29) is 11.1 Å². The van der Waals surface area contributed by atoms with E-state index in [9.17, 15) is 19.8 Å². The van der Waals surface area contributed by atoms with Crippen molar-refractivity contribution in [3.05, 3.63) is 82.9 Å². The fraction of sp³-hybridized carbons (Fsp3) is 0.310. The summed E-state index contributed by atoms with van der Waals surface area (Å²) < 4.78 is 0. The van der Waals surface area contributed by atoms with E-state index in [0.717, 1.165) is 48.8 Å². The van der Waals surface area contributed by atoms with Crippen LogP contribution in [0.1, 0.15) is 77.3 Å². The Morgan fingerprint density at radius 1 is 0.818 bits per heavy atom. The van der Waals surface area contributed by atoms with Crippen LogP contribution in [0.2, 0.25) is 0 Å². The monoisotopic (exact) mass is 442 g/mol. The van der Waals surface area contributed by atoms with Gasteiger partial charge in [-0.05, 0) is 76.6 Å². The van der Waals surface area contributed by atoms with Crippen LogP contribution in [0.5, 0.6) is 0 Å². The highest BCUT2D eigenvalue weighted by atomic mass is 16.4. The van der Waals surface area contributed by atoms with Crippen LogP contribution >= 0.6 is 0 Å². The Kier molecular flexibility index (Phi) is 6.64. The Morgan fingerprint density at radius 2 is 1.36 bits per heavy atom. The normalized spacial score (nSPS) is 14.0. The van der Waals surface area contributed by atoms with Crippen LogP contribution in [0.3, 0.4) is 0 Å². The van der Waals surface area contributed by atoms with E-state index in [0.29, 0.717) is 23.0 Å². The van der Waals surface area contributed by atoms with E-state index in [2.05, 4.69) is 26.0 Å². The average Bonchev–Trinajstić information content (AvgIpc) is 3.33. The summed E-state index contributed by atoms with van der Waals surface area (Å²) in [5.41, 5.74) is 5.73. The van der Waals surface area contributed by atoms with Crippen molar-refractivity contribution in [1.82, 2.24) is 0 Å². The summed E-state index contributed by atoms with van der Waals surface area (Å²) in [6, 6.07) is 18.4. The Hall–Kier alpha value is -3.40. The van der Waals surface area contributed by atoms with Gasteiger partial charge in [-0.25, -0.2) is 9.59 Å². The second kappa shape index (κ2) is 9.62. The molecular weight excluding hydrogens is 412 g/mol. The maximum Gasteiger partial charge on any atom is 0.336 e. The molecule has 2 N–H and O–H groups in total. The third-order valence-electron chi connectivity index (χ3n) is 6.54. The van der Waals surface area contributed by atoms with E-state index in [1.807, 2.05) is 24.3 Å². The van der Waals surface area contributed by atoms with E-state index < -0.39 is 11.9 Å². The number of rotatable bonds is 7. The first-order chi connectivity index (χ1) is 15.9. The molecule has 1 aliphatic rings. The molecule has 0 aromatic heterocycles. The molecule has 33 heavy (non-hydrogen) atoms. The number of carboxylic acids is 2. The van der Waals surface area contributed by atoms with Crippen molar-refractivity contribution >= 4 is 11.9 Å². The zero-order valence-electron chi connectivity index (χ0n) is 19.2. The van der Waals surface area contributed by atoms with Crippen LogP contribution < -0.4 is 0 Å². The quantitative estimate of drug-likeness (QED) is 0.403. The van der Waals surface area contributed by atoms with Gasteiger partial charge in [-0.2, -0.15) is 0 Å². The molecule has 0 atom stereocenters. The zero-order valence-corrected chi connectivity index (χ0v) is 19.2. The van der Waals surface area contributed by atoms with Crippen LogP contribution in [0.15, 0.2) is 60.7 Å². The maximum atomic E-state index is 12.2. The molecule has 1 saturated carbocycles. The highest BCUT2D eigenvalue weighted by Gasteiger charge is 2.27. The lowest BCUT2D eigenvalue weighted by molar-refractivity contribution is 0.0686. The van der Waals surface area contributed by atoms with Gasteiger partial charge in [-0.1, -0.05) is 75.2 Å². The van der Waals surface area contributed by atoms with Gasteiger partial charge >= 0.3 is 11.9 Å². The van der Waals surface area contributed by atoms with Crippen LogP contribution in [0.4, 0.5) is 0 Å². The molecule has 0 bridgehead atoms. The summed E-state index contributed by atoms with van der Waals surface area (Å²) in [4.78, 5) is 24.3. The number of benzene rings is 3. The Labute approximate surface area is 194 Å². The topological polar surface area (TPSA) is 74.6 Å². The standard InChI is InChI=1S/C29H30O4/c1-18(2)15-19-16-25(20-9-3-4-10-20)27(22-12-6-8-14-24(22)29(32)33)26(17-19)21-11-5-7-13-23(21)28(30)31/h5-8,11-14,16-18,20H,3-4,9-10,15H2,1-2H3,(H,30,31)(H,32,33). The van der Waals surface area contributed by atoms with Gasteiger partial charge in [0.1, 0.15) is 0 Å². The van der Waals surface area contributed by atoms with E-state index in [1.54, 1.807) is 24.3 Å². The molecule has 0 spiro atoms. The molecule has 4 rings (SSSR count). The number of aromatic carboxylic acids is 2. The van der Waals surface area contributed by atoms with Gasteiger partial charge in [0.05, 0.1) is 11.1 Å². The predicted molar refractivity (Wildman–Crippen MR) is 131 cm³/mol. The molecule has 4 heteroatoms. The van der Waals surface area contributed by atoms with Crippen molar-refractivity contribution in [2.75, 3.05) is 0 Å². The van der Waals surface area contributed by atoms with Gasteiger partial charge in [0, 0.05) is 0 Å². The summed E-state index contributed by atoms with van der Waals surface area (Å²) in [6.07, 6.45) is 5.31. The van der Waals surface area contributed by atoms with Gasteiger partial charge in [0.2, 0.25) is 0 Å². The minimum absolute atomic E-state index is 0.227. The molecule has 4 nitrogen and oxygen atoms in total. The van der Waals surface area contributed by atoms with Crippen LogP contribution in [0.25, 0.3) is 22.3 Å². The summed E-state index contributed by atoms with van der Waals surface area (Å²) in [5.74, 6) is -1.18. The SMILES string of the molecule is CC(C)Cc1cc(-c2ccccc2C(=O)O)c(-c2ccccc2C(=O)O)c(C2CCCC2)c1. The van der Waals surface area contributed by atoms with Crippen LogP contribution in [0, 0.1) is 5.92 Å². The first-order valence-corrected chi connectivity index (χ1v) is 11.7. The fourth-order valence-electron chi connectivity index (χ4n) is 5.18. The molecular formula is C29H30O4. The van der Waals surface area contributed by atoms with E-state index >= 15 is 0 Å². The molecule has 1 fully saturated rings. The first kappa shape index (κ1) is 22.8. The second-order valence-electron chi connectivity index (χ2n) is 9.39. The zero-order chi connectivity index (χ0) is 23.5.